The smallest absolute Gasteiger partial charge is 0.123 e. The van der Waals surface area contributed by atoms with Crippen LogP contribution in [0.2, 0.25) is 0 Å². The Morgan fingerprint density at radius 3 is 2.69 bits per heavy atom. The van der Waals surface area contributed by atoms with Gasteiger partial charge in [0, 0.05) is 11.6 Å². The maximum Gasteiger partial charge on any atom is 0.123 e. The van der Waals surface area contributed by atoms with E-state index in [2.05, 4.69) is 19.9 Å². The van der Waals surface area contributed by atoms with Gasteiger partial charge in [-0.2, -0.15) is 0 Å². The van der Waals surface area contributed by atoms with E-state index in [0.29, 0.717) is 0 Å². The summed E-state index contributed by atoms with van der Waals surface area (Å²) in [5.74, 6) is 0.889. The molecule has 0 saturated heterocycles. The minimum absolute atomic E-state index is 0.0786. The minimum Gasteiger partial charge on any atom is -0.496 e. The molecule has 2 nitrogen and oxygen atoms in total. The lowest BCUT2D eigenvalue weighted by Gasteiger charge is -2.14. The molecule has 0 aliphatic rings. The summed E-state index contributed by atoms with van der Waals surface area (Å²) < 4.78 is 5.24. The number of methoxy groups -OCH3 is 1. The Hall–Kier alpha value is -1.02. The summed E-state index contributed by atoms with van der Waals surface area (Å²) in [6, 6.07) is 6.17. The molecule has 2 heteroatoms. The summed E-state index contributed by atoms with van der Waals surface area (Å²) in [6.45, 7) is 4.14. The summed E-state index contributed by atoms with van der Waals surface area (Å²) >= 11 is 0. The SMILES string of the molecule is CC[C@H](N)c1cc(C)ccc1OC. The normalized spacial score (nSPS) is 12.6. The fourth-order valence-electron chi connectivity index (χ4n) is 1.36. The Balaban J connectivity index is 3.07. The average molecular weight is 179 g/mol. The van der Waals surface area contributed by atoms with Crippen molar-refractivity contribution >= 4 is 0 Å². The zero-order valence-electron chi connectivity index (χ0n) is 8.50. The summed E-state index contributed by atoms with van der Waals surface area (Å²) in [5.41, 5.74) is 8.28. The topological polar surface area (TPSA) is 35.2 Å². The number of benzene rings is 1. The number of rotatable bonds is 3. The molecule has 0 bridgehead atoms. The molecule has 0 aliphatic heterocycles. The molecule has 0 radical (unpaired) electrons. The van der Waals surface area contributed by atoms with Crippen molar-refractivity contribution in [1.29, 1.82) is 0 Å². The molecular weight excluding hydrogens is 162 g/mol. The molecule has 0 saturated carbocycles. The van der Waals surface area contributed by atoms with Crippen molar-refractivity contribution in [2.75, 3.05) is 7.11 Å². The first-order chi connectivity index (χ1) is 6.19. The Bertz CT molecular complexity index is 283. The van der Waals surface area contributed by atoms with Gasteiger partial charge in [0.15, 0.2) is 0 Å². The van der Waals surface area contributed by atoms with Crippen LogP contribution in [0.3, 0.4) is 0 Å². The van der Waals surface area contributed by atoms with Gasteiger partial charge >= 0.3 is 0 Å². The van der Waals surface area contributed by atoms with Crippen molar-refractivity contribution in [2.45, 2.75) is 26.3 Å². The van der Waals surface area contributed by atoms with Crippen LogP contribution >= 0.6 is 0 Å². The highest BCUT2D eigenvalue weighted by molar-refractivity contribution is 5.38. The van der Waals surface area contributed by atoms with Gasteiger partial charge in [-0.25, -0.2) is 0 Å². The van der Waals surface area contributed by atoms with Crippen LogP contribution in [-0.2, 0) is 0 Å². The van der Waals surface area contributed by atoms with Crippen LogP contribution in [0.4, 0.5) is 0 Å². The van der Waals surface area contributed by atoms with Gasteiger partial charge in [-0.05, 0) is 19.4 Å². The highest BCUT2D eigenvalue weighted by Crippen LogP contribution is 2.26. The van der Waals surface area contributed by atoms with Gasteiger partial charge in [0.05, 0.1) is 7.11 Å². The number of hydrogen-bond donors (Lipinski definition) is 1. The summed E-state index contributed by atoms with van der Waals surface area (Å²) in [5, 5.41) is 0. The van der Waals surface area contributed by atoms with E-state index < -0.39 is 0 Å². The van der Waals surface area contributed by atoms with Crippen molar-refractivity contribution in [3.8, 4) is 5.75 Å². The number of ether oxygens (including phenoxy) is 1. The van der Waals surface area contributed by atoms with E-state index in [-0.39, 0.29) is 6.04 Å². The van der Waals surface area contributed by atoms with E-state index in [1.165, 1.54) is 5.56 Å². The number of nitrogens with two attached hydrogens (primary N) is 1. The van der Waals surface area contributed by atoms with Crippen LogP contribution < -0.4 is 10.5 Å². The van der Waals surface area contributed by atoms with Crippen LogP contribution in [0.5, 0.6) is 5.75 Å². The maximum absolute atomic E-state index is 5.96. The standard InChI is InChI=1S/C11H17NO/c1-4-10(12)9-7-8(2)5-6-11(9)13-3/h5-7,10H,4,12H2,1-3H3/t10-/m0/s1. The lowest BCUT2D eigenvalue weighted by Crippen LogP contribution is -2.10. The molecule has 1 atom stereocenters. The fraction of sp³-hybridized carbons (Fsp3) is 0.455. The maximum atomic E-state index is 5.96. The highest BCUT2D eigenvalue weighted by atomic mass is 16.5. The monoisotopic (exact) mass is 179 g/mol. The molecule has 1 rings (SSSR count). The van der Waals surface area contributed by atoms with Crippen molar-refractivity contribution in [3.05, 3.63) is 29.3 Å². The molecule has 0 spiro atoms. The summed E-state index contributed by atoms with van der Waals surface area (Å²) in [7, 11) is 1.68. The summed E-state index contributed by atoms with van der Waals surface area (Å²) in [4.78, 5) is 0. The predicted molar refractivity (Wildman–Crippen MR) is 55.0 cm³/mol. The van der Waals surface area contributed by atoms with E-state index in [1.54, 1.807) is 7.11 Å². The largest absolute Gasteiger partial charge is 0.496 e. The van der Waals surface area contributed by atoms with Crippen molar-refractivity contribution < 1.29 is 4.74 Å². The van der Waals surface area contributed by atoms with E-state index in [1.807, 2.05) is 12.1 Å². The van der Waals surface area contributed by atoms with E-state index in [0.717, 1.165) is 17.7 Å². The number of hydrogen-bond acceptors (Lipinski definition) is 2. The van der Waals surface area contributed by atoms with Gasteiger partial charge < -0.3 is 10.5 Å². The van der Waals surface area contributed by atoms with Gasteiger partial charge in [0.2, 0.25) is 0 Å². The van der Waals surface area contributed by atoms with Gasteiger partial charge in [0.25, 0.3) is 0 Å². The summed E-state index contributed by atoms with van der Waals surface area (Å²) in [6.07, 6.45) is 0.930. The first-order valence-corrected chi connectivity index (χ1v) is 4.59. The van der Waals surface area contributed by atoms with Crippen LogP contribution in [0, 0.1) is 6.92 Å². The van der Waals surface area contributed by atoms with Crippen molar-refractivity contribution in [1.82, 2.24) is 0 Å². The Kier molecular flexibility index (Phi) is 3.32. The van der Waals surface area contributed by atoms with Crippen LogP contribution in [0.25, 0.3) is 0 Å². The molecule has 0 heterocycles. The quantitative estimate of drug-likeness (QED) is 0.773. The third-order valence-electron chi connectivity index (χ3n) is 2.22. The van der Waals surface area contributed by atoms with E-state index in [9.17, 15) is 0 Å². The average Bonchev–Trinajstić information content (AvgIpc) is 2.16. The highest BCUT2D eigenvalue weighted by Gasteiger charge is 2.09. The first-order valence-electron chi connectivity index (χ1n) is 4.59. The Morgan fingerprint density at radius 1 is 1.46 bits per heavy atom. The molecule has 13 heavy (non-hydrogen) atoms. The lowest BCUT2D eigenvalue weighted by atomic mass is 10.0. The van der Waals surface area contributed by atoms with Crippen molar-refractivity contribution in [2.24, 2.45) is 5.73 Å². The Labute approximate surface area is 79.7 Å². The molecule has 2 N–H and O–H groups in total. The van der Waals surface area contributed by atoms with Gasteiger partial charge in [-0.1, -0.05) is 24.6 Å². The second-order valence-corrected chi connectivity index (χ2v) is 3.26. The molecule has 0 amide bonds. The molecule has 72 valence electrons. The van der Waals surface area contributed by atoms with Crippen LogP contribution in [-0.4, -0.2) is 7.11 Å². The van der Waals surface area contributed by atoms with Crippen molar-refractivity contribution in [3.63, 3.8) is 0 Å². The molecular formula is C11H17NO. The molecule has 0 aliphatic carbocycles. The van der Waals surface area contributed by atoms with Crippen LogP contribution in [0.15, 0.2) is 18.2 Å². The second kappa shape index (κ2) is 4.28. The predicted octanol–water partition coefficient (Wildman–Crippen LogP) is 2.41. The van der Waals surface area contributed by atoms with Crippen LogP contribution in [0.1, 0.15) is 30.5 Å². The minimum atomic E-state index is 0.0786. The fourth-order valence-corrected chi connectivity index (χ4v) is 1.36. The zero-order chi connectivity index (χ0) is 9.84. The molecule has 1 aromatic carbocycles. The van der Waals surface area contributed by atoms with E-state index in [4.69, 9.17) is 10.5 Å². The zero-order valence-corrected chi connectivity index (χ0v) is 8.50. The number of aryl methyl sites for hydroxylation is 1. The molecule has 1 aromatic rings. The third-order valence-corrected chi connectivity index (χ3v) is 2.22. The second-order valence-electron chi connectivity index (χ2n) is 3.26. The van der Waals surface area contributed by atoms with Gasteiger partial charge in [-0.15, -0.1) is 0 Å². The molecule has 0 aromatic heterocycles. The first kappa shape index (κ1) is 10.1. The van der Waals surface area contributed by atoms with Gasteiger partial charge in [-0.3, -0.25) is 0 Å². The van der Waals surface area contributed by atoms with E-state index >= 15 is 0 Å². The molecule has 0 fully saturated rings. The Morgan fingerprint density at radius 2 is 2.15 bits per heavy atom. The van der Waals surface area contributed by atoms with Gasteiger partial charge in [0.1, 0.15) is 5.75 Å². The molecule has 0 unspecified atom stereocenters. The lowest BCUT2D eigenvalue weighted by molar-refractivity contribution is 0.405. The third kappa shape index (κ3) is 2.22.